The van der Waals surface area contributed by atoms with Crippen LogP contribution < -0.4 is 11.0 Å². The van der Waals surface area contributed by atoms with E-state index in [4.69, 9.17) is 0 Å². The second-order valence-corrected chi connectivity index (χ2v) is 6.75. The number of carbonyl (C=O) groups excluding carboxylic acids is 1. The van der Waals surface area contributed by atoms with Crippen molar-refractivity contribution in [3.8, 4) is 5.69 Å². The average molecular weight is 447 g/mol. The van der Waals surface area contributed by atoms with Gasteiger partial charge in [0.05, 0.1) is 27.4 Å². The summed E-state index contributed by atoms with van der Waals surface area (Å²) in [5.41, 5.74) is 0.800. The number of amides is 1. The molecule has 0 saturated carbocycles. The van der Waals surface area contributed by atoms with Crippen LogP contribution in [0.1, 0.15) is 34.1 Å². The van der Waals surface area contributed by atoms with E-state index < -0.39 is 28.1 Å². The molecule has 0 aliphatic rings. The number of aromatic amines is 1. The van der Waals surface area contributed by atoms with E-state index in [0.717, 1.165) is 22.9 Å². The monoisotopic (exact) mass is 447 g/mol. The summed E-state index contributed by atoms with van der Waals surface area (Å²) in [5.74, 6) is -0.737. The van der Waals surface area contributed by atoms with Gasteiger partial charge in [0, 0.05) is 23.4 Å². The standard InChI is InChI=1S/C20H16F3N5O4/c1-11(24-25-18(29)13-5-3-8-16(9-13)28(31)32)17-12(2)26-27(19(17)30)15-7-4-6-14(10-15)20(21,22)23/h3-10,26H,1-2H3,(H,25,29)/b24-11+. The molecule has 0 spiro atoms. The lowest BCUT2D eigenvalue weighted by Crippen LogP contribution is -2.23. The van der Waals surface area contributed by atoms with Gasteiger partial charge in [0.15, 0.2) is 0 Å². The smallest absolute Gasteiger partial charge is 0.295 e. The SMILES string of the molecule is C/C(=N\NC(=O)c1cccc([N+](=O)[O-])c1)c1c(C)[nH]n(-c2cccc(C(F)(F)F)c2)c1=O. The van der Waals surface area contributed by atoms with E-state index in [2.05, 4.69) is 15.6 Å². The van der Waals surface area contributed by atoms with Crippen molar-refractivity contribution in [3.05, 3.63) is 91.4 Å². The van der Waals surface area contributed by atoms with Gasteiger partial charge in [-0.05, 0) is 38.1 Å². The number of hydrogen-bond acceptors (Lipinski definition) is 5. The van der Waals surface area contributed by atoms with E-state index in [-0.39, 0.29) is 28.2 Å². The number of nitrogens with zero attached hydrogens (tertiary/aromatic N) is 3. The molecular weight excluding hydrogens is 431 g/mol. The van der Waals surface area contributed by atoms with E-state index >= 15 is 0 Å². The molecule has 0 unspecified atom stereocenters. The number of H-pyrrole nitrogens is 1. The quantitative estimate of drug-likeness (QED) is 0.353. The van der Waals surface area contributed by atoms with Crippen molar-refractivity contribution in [2.45, 2.75) is 20.0 Å². The zero-order valence-electron chi connectivity index (χ0n) is 16.7. The molecule has 12 heteroatoms. The highest BCUT2D eigenvalue weighted by atomic mass is 19.4. The number of rotatable bonds is 5. The third kappa shape index (κ3) is 4.58. The fourth-order valence-electron chi connectivity index (χ4n) is 2.99. The van der Waals surface area contributed by atoms with Crippen LogP contribution in [0, 0.1) is 17.0 Å². The molecule has 9 nitrogen and oxygen atoms in total. The number of nitrogens with one attached hydrogen (secondary N) is 2. The molecule has 0 aliphatic heterocycles. The lowest BCUT2D eigenvalue weighted by Gasteiger charge is -2.08. The van der Waals surface area contributed by atoms with Gasteiger partial charge in [0.25, 0.3) is 17.2 Å². The van der Waals surface area contributed by atoms with Crippen molar-refractivity contribution in [1.82, 2.24) is 15.2 Å². The molecule has 1 aromatic heterocycles. The molecule has 3 rings (SSSR count). The minimum Gasteiger partial charge on any atom is -0.295 e. The number of benzene rings is 2. The van der Waals surface area contributed by atoms with Crippen LogP contribution in [0.15, 0.2) is 58.4 Å². The van der Waals surface area contributed by atoms with E-state index in [0.29, 0.717) is 5.69 Å². The van der Waals surface area contributed by atoms with Gasteiger partial charge >= 0.3 is 6.18 Å². The Bertz CT molecular complexity index is 1290. The third-order valence-electron chi connectivity index (χ3n) is 4.51. The number of alkyl halides is 3. The van der Waals surface area contributed by atoms with Crippen LogP contribution in [0.4, 0.5) is 18.9 Å². The average Bonchev–Trinajstić information content (AvgIpc) is 3.05. The van der Waals surface area contributed by atoms with E-state index in [1.807, 2.05) is 0 Å². The van der Waals surface area contributed by atoms with Crippen LogP contribution >= 0.6 is 0 Å². The second kappa shape index (κ2) is 8.49. The van der Waals surface area contributed by atoms with Crippen molar-refractivity contribution in [3.63, 3.8) is 0 Å². The normalized spacial score (nSPS) is 12.0. The first-order valence-electron chi connectivity index (χ1n) is 9.07. The van der Waals surface area contributed by atoms with Crippen LogP contribution in [0.25, 0.3) is 5.69 Å². The molecule has 0 radical (unpaired) electrons. The van der Waals surface area contributed by atoms with E-state index in [1.54, 1.807) is 0 Å². The Morgan fingerprint density at radius 2 is 1.88 bits per heavy atom. The van der Waals surface area contributed by atoms with E-state index in [1.165, 1.54) is 44.2 Å². The Hall–Kier alpha value is -4.22. The summed E-state index contributed by atoms with van der Waals surface area (Å²) in [5, 5.41) is 17.4. The number of hydrazone groups is 1. The molecule has 0 bridgehead atoms. The van der Waals surface area contributed by atoms with Crippen molar-refractivity contribution in [2.24, 2.45) is 5.10 Å². The summed E-state index contributed by atoms with van der Waals surface area (Å²) in [6.45, 7) is 2.96. The zero-order valence-corrected chi connectivity index (χ0v) is 16.7. The summed E-state index contributed by atoms with van der Waals surface area (Å²) >= 11 is 0. The maximum Gasteiger partial charge on any atom is 0.416 e. The molecule has 0 saturated heterocycles. The summed E-state index contributed by atoms with van der Waals surface area (Å²) in [4.78, 5) is 35.2. The minimum absolute atomic E-state index is 0.0112. The maximum absolute atomic E-state index is 13.0. The first-order chi connectivity index (χ1) is 15.0. The number of aromatic nitrogens is 2. The minimum atomic E-state index is -4.57. The summed E-state index contributed by atoms with van der Waals surface area (Å²) in [6.07, 6.45) is -4.57. The first-order valence-corrected chi connectivity index (χ1v) is 9.07. The van der Waals surface area contributed by atoms with Gasteiger partial charge < -0.3 is 0 Å². The van der Waals surface area contributed by atoms with Gasteiger partial charge in [-0.3, -0.25) is 24.8 Å². The predicted octanol–water partition coefficient (Wildman–Crippen LogP) is 3.56. The molecule has 1 amide bonds. The molecule has 0 aliphatic carbocycles. The fraction of sp³-hybridized carbons (Fsp3) is 0.150. The fourth-order valence-corrected chi connectivity index (χ4v) is 2.99. The molecule has 0 atom stereocenters. The number of non-ortho nitro benzene ring substituents is 1. The van der Waals surface area contributed by atoms with Crippen molar-refractivity contribution in [1.29, 1.82) is 0 Å². The van der Waals surface area contributed by atoms with Crippen molar-refractivity contribution < 1.29 is 22.9 Å². The maximum atomic E-state index is 13.0. The number of aryl methyl sites for hydroxylation is 1. The summed E-state index contributed by atoms with van der Waals surface area (Å²) < 4.78 is 39.9. The molecule has 3 aromatic rings. The van der Waals surface area contributed by atoms with Gasteiger partial charge in [-0.25, -0.2) is 10.1 Å². The van der Waals surface area contributed by atoms with Gasteiger partial charge in [0.1, 0.15) is 0 Å². The second-order valence-electron chi connectivity index (χ2n) is 6.75. The number of carbonyl (C=O) groups is 1. The van der Waals surface area contributed by atoms with Crippen LogP contribution in [0.3, 0.4) is 0 Å². The van der Waals surface area contributed by atoms with Gasteiger partial charge in [-0.2, -0.15) is 18.3 Å². The molecule has 1 heterocycles. The highest BCUT2D eigenvalue weighted by Gasteiger charge is 2.30. The Kier molecular flexibility index (Phi) is 5.96. The van der Waals surface area contributed by atoms with Gasteiger partial charge in [-0.1, -0.05) is 12.1 Å². The van der Waals surface area contributed by atoms with Crippen LogP contribution in [-0.2, 0) is 6.18 Å². The van der Waals surface area contributed by atoms with E-state index in [9.17, 15) is 32.9 Å². The molecule has 2 aromatic carbocycles. The summed E-state index contributed by atoms with van der Waals surface area (Å²) in [7, 11) is 0. The molecule has 166 valence electrons. The topological polar surface area (TPSA) is 122 Å². The Balaban J connectivity index is 1.89. The number of nitro benzene ring substituents is 1. The first kappa shape index (κ1) is 22.5. The van der Waals surface area contributed by atoms with Gasteiger partial charge in [-0.15, -0.1) is 0 Å². The number of halogens is 3. The Morgan fingerprint density at radius 1 is 1.19 bits per heavy atom. The van der Waals surface area contributed by atoms with Gasteiger partial charge in [0.2, 0.25) is 0 Å². The molecule has 32 heavy (non-hydrogen) atoms. The van der Waals surface area contributed by atoms with Crippen LogP contribution in [0.5, 0.6) is 0 Å². The van der Waals surface area contributed by atoms with Crippen LogP contribution in [0.2, 0.25) is 0 Å². The zero-order chi connectivity index (χ0) is 23.6. The largest absolute Gasteiger partial charge is 0.416 e. The third-order valence-corrected chi connectivity index (χ3v) is 4.51. The Labute approximate surface area is 178 Å². The predicted molar refractivity (Wildman–Crippen MR) is 109 cm³/mol. The highest BCUT2D eigenvalue weighted by Crippen LogP contribution is 2.30. The molecule has 2 N–H and O–H groups in total. The lowest BCUT2D eigenvalue weighted by atomic mass is 10.1. The van der Waals surface area contributed by atoms with Crippen molar-refractivity contribution >= 4 is 17.3 Å². The highest BCUT2D eigenvalue weighted by molar-refractivity contribution is 6.01. The molecule has 0 fully saturated rings. The Morgan fingerprint density at radius 3 is 2.53 bits per heavy atom. The number of hydrogen-bond donors (Lipinski definition) is 2. The van der Waals surface area contributed by atoms with Crippen LogP contribution in [-0.4, -0.2) is 26.3 Å². The lowest BCUT2D eigenvalue weighted by molar-refractivity contribution is -0.384. The summed E-state index contributed by atoms with van der Waals surface area (Å²) in [6, 6.07) is 9.24. The van der Waals surface area contributed by atoms with Crippen molar-refractivity contribution in [2.75, 3.05) is 0 Å². The molecular formula is C20H16F3N5O4. The number of nitro groups is 1.